The van der Waals surface area contributed by atoms with Crippen molar-refractivity contribution in [1.82, 2.24) is 0 Å². The molecule has 0 aliphatic rings. The first-order valence-corrected chi connectivity index (χ1v) is 21.6. The van der Waals surface area contributed by atoms with Gasteiger partial charge in [0, 0.05) is 5.33 Å². The van der Waals surface area contributed by atoms with Crippen molar-refractivity contribution in [3.8, 4) is 0 Å². The summed E-state index contributed by atoms with van der Waals surface area (Å²) in [7, 11) is 0. The molecule has 0 bridgehead atoms. The summed E-state index contributed by atoms with van der Waals surface area (Å²) in [6.45, 7) is 10.6. The fourth-order valence-electron chi connectivity index (χ4n) is 4.56. The summed E-state index contributed by atoms with van der Waals surface area (Å²) in [6.07, 6.45) is 71.1. The summed E-state index contributed by atoms with van der Waals surface area (Å²) in [6, 6.07) is 0. The summed E-state index contributed by atoms with van der Waals surface area (Å²) in [5, 5.41) is 1.10. The van der Waals surface area contributed by atoms with Gasteiger partial charge in [0.05, 0.1) is 12.0 Å². The number of carbonyl (C=O) groups is 1. The number of allylic oxidation sites excluding steroid dienone is 24. The van der Waals surface area contributed by atoms with Crippen molar-refractivity contribution in [2.75, 3.05) is 11.9 Å². The molecule has 0 aromatic heterocycles. The van der Waals surface area contributed by atoms with Crippen LogP contribution < -0.4 is 0 Å². The number of carbonyl (C=O) groups excluding carboxylic acids is 1. The zero-order chi connectivity index (χ0) is 39.2. The predicted molar refractivity (Wildman–Crippen MR) is 257 cm³/mol. The van der Waals surface area contributed by atoms with Crippen LogP contribution in [0.25, 0.3) is 0 Å². The number of halogens is 1. The Labute approximate surface area is 351 Å². The average Bonchev–Trinajstić information content (AvgIpc) is 3.15. The molecular weight excluding hydrogens is 736 g/mol. The van der Waals surface area contributed by atoms with E-state index in [1.165, 1.54) is 12.8 Å². The smallest absolute Gasteiger partial charge is 0.311 e. The van der Waals surface area contributed by atoms with E-state index < -0.39 is 0 Å². The minimum absolute atomic E-state index is 0. The van der Waals surface area contributed by atoms with Crippen LogP contribution in [0.4, 0.5) is 0 Å². The van der Waals surface area contributed by atoms with Crippen LogP contribution >= 0.6 is 15.9 Å². The summed E-state index contributed by atoms with van der Waals surface area (Å²) in [5.74, 6) is -0.0900. The lowest BCUT2D eigenvalue weighted by Crippen LogP contribution is -2.26. The Hall–Kier alpha value is -3.17. The van der Waals surface area contributed by atoms with Crippen LogP contribution in [0.5, 0.6) is 0 Å². The second kappa shape index (κ2) is 50.8. The van der Waals surface area contributed by atoms with E-state index in [0.717, 1.165) is 102 Å². The van der Waals surface area contributed by atoms with Crippen molar-refractivity contribution >= 4 is 21.9 Å². The molecule has 0 saturated heterocycles. The van der Waals surface area contributed by atoms with E-state index in [2.05, 4.69) is 176 Å². The first-order valence-electron chi connectivity index (χ1n) is 20.5. The number of alkyl halides is 1. The van der Waals surface area contributed by atoms with Gasteiger partial charge in [0.2, 0.25) is 0 Å². The highest BCUT2D eigenvalue weighted by molar-refractivity contribution is 9.09. The zero-order valence-corrected chi connectivity index (χ0v) is 36.1. The normalized spacial score (nSPS) is 12.8. The molecule has 0 rings (SSSR count). The Kier molecular flexibility index (Phi) is 54.1. The summed E-state index contributed by atoms with van der Waals surface area (Å²) in [5.41, 5.74) is -0.381. The van der Waals surface area contributed by atoms with Gasteiger partial charge >= 0.3 is 5.97 Å². The zero-order valence-electron chi connectivity index (χ0n) is 34.5. The fourth-order valence-corrected chi connectivity index (χ4v) is 4.89. The Morgan fingerprint density at radius 1 is 0.436 bits per heavy atom. The molecule has 0 aliphatic carbocycles. The second-order valence-electron chi connectivity index (χ2n) is 13.2. The minimum Gasteiger partial charge on any atom is -0.466 e. The third kappa shape index (κ3) is 50.8. The van der Waals surface area contributed by atoms with Gasteiger partial charge in [-0.1, -0.05) is 190 Å². The van der Waals surface area contributed by atoms with Crippen molar-refractivity contribution in [1.29, 1.82) is 0 Å². The van der Waals surface area contributed by atoms with Gasteiger partial charge in [-0.15, -0.1) is 0 Å². The topological polar surface area (TPSA) is 26.3 Å². The van der Waals surface area contributed by atoms with Gasteiger partial charge in [-0.3, -0.25) is 4.79 Å². The molecule has 0 atom stereocenters. The van der Waals surface area contributed by atoms with Gasteiger partial charge in [0.15, 0.2) is 0 Å². The lowest BCUT2D eigenvalue weighted by molar-refractivity contribution is -0.153. The van der Waals surface area contributed by atoms with Gasteiger partial charge in [-0.2, -0.15) is 0 Å². The van der Waals surface area contributed by atoms with E-state index >= 15 is 0 Å². The number of hydrogen-bond donors (Lipinski definition) is 0. The molecular formula is C52H85BrO2. The maximum absolute atomic E-state index is 11.8. The highest BCUT2D eigenvalue weighted by Crippen LogP contribution is 2.25. The van der Waals surface area contributed by atoms with Crippen LogP contribution in [0.3, 0.4) is 0 Å². The maximum Gasteiger partial charge on any atom is 0.311 e. The first-order chi connectivity index (χ1) is 26.0. The van der Waals surface area contributed by atoms with Crippen molar-refractivity contribution in [3.63, 3.8) is 0 Å². The molecule has 3 heteroatoms. The number of unbranched alkanes of at least 4 members (excludes halogenated alkanes) is 2. The van der Waals surface area contributed by atoms with Gasteiger partial charge in [-0.25, -0.2) is 0 Å². The molecule has 0 fully saturated rings. The number of rotatable bonds is 31. The molecule has 312 valence electrons. The molecule has 0 aromatic carbocycles. The van der Waals surface area contributed by atoms with E-state index in [-0.39, 0.29) is 26.2 Å². The molecule has 0 spiro atoms. The quantitative estimate of drug-likeness (QED) is 0.0301. The van der Waals surface area contributed by atoms with Gasteiger partial charge in [-0.05, 0) is 130 Å². The Morgan fingerprint density at radius 2 is 0.691 bits per heavy atom. The third-order valence-electron chi connectivity index (χ3n) is 7.70. The minimum atomic E-state index is -0.381. The van der Waals surface area contributed by atoms with Crippen LogP contribution in [-0.4, -0.2) is 17.9 Å². The number of hydrogen-bond acceptors (Lipinski definition) is 2. The molecule has 0 radical (unpaired) electrons. The fraction of sp³-hybridized carbons (Fsp3) is 0.519. The molecule has 0 saturated carbocycles. The molecule has 0 amide bonds. The van der Waals surface area contributed by atoms with Crippen molar-refractivity contribution in [2.45, 2.75) is 159 Å². The van der Waals surface area contributed by atoms with Crippen molar-refractivity contribution in [2.24, 2.45) is 5.41 Å². The lowest BCUT2D eigenvalue weighted by Gasteiger charge is -2.21. The largest absolute Gasteiger partial charge is 0.466 e. The Balaban J connectivity index is -0.000000471. The highest BCUT2D eigenvalue weighted by atomic mass is 79.9. The van der Waals surface area contributed by atoms with E-state index in [1.807, 2.05) is 20.8 Å². The van der Waals surface area contributed by atoms with Crippen molar-refractivity contribution in [3.05, 3.63) is 146 Å². The molecule has 0 aromatic rings. The van der Waals surface area contributed by atoms with Gasteiger partial charge in [0.25, 0.3) is 0 Å². The van der Waals surface area contributed by atoms with Crippen molar-refractivity contribution < 1.29 is 9.53 Å². The monoisotopic (exact) mass is 821 g/mol. The summed E-state index contributed by atoms with van der Waals surface area (Å²) < 4.78 is 5.12. The maximum atomic E-state index is 11.8. The molecule has 2 nitrogen and oxygen atoms in total. The van der Waals surface area contributed by atoms with Crippen LogP contribution in [0.1, 0.15) is 159 Å². The standard InChI is InChI=1S/C28H44O2.C22H33Br.2CH4/c1-5-7-8-9-10-11-12-13-14-15-16-17-18-19-20-21-22-23-24-25-26-28(3,4)27(29)30-6-2;1-2-3-4-5-6-7-8-9-10-11-12-13-14-15-16-17-18-19-20-21-22-23;;/h7-8,10-11,13-14,16-17,19-20,22-23H,5-6,9,12,15,18,21,24-26H2,1-4H3;3-4,6-7,9-10,12-13,15-16,18-19H,2,5,8,11,14,17,20-22H2,1H3;2*1H4/b8-7-,11-10-,14-13-,17-16-,20-19-,23-22-;4-3-,7-6-,10-9-,13-12-,16-15-,19-18-;;. The van der Waals surface area contributed by atoms with Gasteiger partial charge in [0.1, 0.15) is 0 Å². The second-order valence-corrected chi connectivity index (χ2v) is 14.0. The molecule has 0 N–H and O–H groups in total. The molecule has 55 heavy (non-hydrogen) atoms. The molecule has 0 heterocycles. The SMILES string of the molecule is C.C.CC/C=C\C/C=C\C/C=C\C/C=C\C/C=C\C/C=C\CCCBr.CC/C=C\C/C=C\C/C=C\C/C=C\C/C=C\C/C=C\CCCC(C)(C)C(=O)OCC. The van der Waals surface area contributed by atoms with Gasteiger partial charge < -0.3 is 4.74 Å². The summed E-state index contributed by atoms with van der Waals surface area (Å²) in [4.78, 5) is 11.8. The van der Waals surface area contributed by atoms with E-state index in [4.69, 9.17) is 4.74 Å². The Bertz CT molecular complexity index is 1160. The Morgan fingerprint density at radius 3 is 0.945 bits per heavy atom. The first kappa shape index (κ1) is 58.5. The van der Waals surface area contributed by atoms with E-state index in [0.29, 0.717) is 6.61 Å². The van der Waals surface area contributed by atoms with Crippen LogP contribution in [0, 0.1) is 5.41 Å². The number of esters is 1. The number of ether oxygens (including phenoxy) is 1. The van der Waals surface area contributed by atoms with E-state index in [1.54, 1.807) is 0 Å². The predicted octanol–water partition coefficient (Wildman–Crippen LogP) is 17.6. The molecule has 0 unspecified atom stereocenters. The average molecular weight is 822 g/mol. The van der Waals surface area contributed by atoms with Crippen LogP contribution in [0.2, 0.25) is 0 Å². The third-order valence-corrected chi connectivity index (χ3v) is 8.26. The lowest BCUT2D eigenvalue weighted by atomic mass is 9.87. The summed E-state index contributed by atoms with van der Waals surface area (Å²) >= 11 is 3.44. The highest BCUT2D eigenvalue weighted by Gasteiger charge is 2.28. The van der Waals surface area contributed by atoms with Crippen LogP contribution in [0.15, 0.2) is 146 Å². The molecule has 0 aliphatic heterocycles. The van der Waals surface area contributed by atoms with E-state index in [9.17, 15) is 4.79 Å². The van der Waals surface area contributed by atoms with Crippen LogP contribution in [-0.2, 0) is 9.53 Å².